The second-order valence-electron chi connectivity index (χ2n) is 8.13. The van der Waals surface area contributed by atoms with Crippen molar-refractivity contribution in [2.75, 3.05) is 7.05 Å². The maximum Gasteiger partial charge on any atom is 0.307 e. The zero-order chi connectivity index (χ0) is 24.8. The fourth-order valence-electron chi connectivity index (χ4n) is 3.47. The molecular formula is C28H26N2O4S. The summed E-state index contributed by atoms with van der Waals surface area (Å²) in [5, 5.41) is 9.47. The molecule has 0 aliphatic carbocycles. The minimum Gasteiger partial charge on any atom is -0.489 e. The van der Waals surface area contributed by atoms with Crippen LogP contribution in [0.4, 0.5) is 5.69 Å². The molecule has 1 aliphatic heterocycles. The number of thioether (sulfide) groups is 1. The van der Waals surface area contributed by atoms with Crippen LogP contribution >= 0.6 is 11.8 Å². The highest BCUT2D eigenvalue weighted by Gasteiger charge is 2.30. The predicted molar refractivity (Wildman–Crippen MR) is 140 cm³/mol. The number of amides is 1. The average molecular weight is 487 g/mol. The molecule has 0 atom stereocenters. The molecule has 1 heterocycles. The van der Waals surface area contributed by atoms with E-state index in [1.54, 1.807) is 31.3 Å². The Bertz CT molecular complexity index is 1260. The molecule has 0 spiro atoms. The Morgan fingerprint density at radius 3 is 2.23 bits per heavy atom. The number of rotatable bonds is 8. The Morgan fingerprint density at radius 2 is 1.60 bits per heavy atom. The average Bonchev–Trinajstić information content (AvgIpc) is 3.12. The quantitative estimate of drug-likeness (QED) is 0.414. The van der Waals surface area contributed by atoms with E-state index in [-0.39, 0.29) is 12.3 Å². The standard InChI is InChI=1S/C28H26N2O4S/c1-3-19-4-6-22(7-5-19)18-34-24-14-10-20(11-15-24)16-25-27(33)30(2)28(35-25)29-23-12-8-21(9-13-23)17-26(31)32/h4-16H,3,17-18H2,1-2H3,(H,31,32)/b25-16-,29-28?. The number of ether oxygens (including phenoxy) is 1. The summed E-state index contributed by atoms with van der Waals surface area (Å²) in [5.41, 5.74) is 4.68. The molecule has 1 aliphatic rings. The van der Waals surface area contributed by atoms with Crippen LogP contribution in [0.3, 0.4) is 0 Å². The zero-order valence-electron chi connectivity index (χ0n) is 19.6. The number of nitrogens with zero attached hydrogens (tertiary/aromatic N) is 2. The van der Waals surface area contributed by atoms with E-state index < -0.39 is 5.97 Å². The number of hydrogen-bond acceptors (Lipinski definition) is 5. The molecule has 7 heteroatoms. The smallest absolute Gasteiger partial charge is 0.307 e. The normalized spacial score (nSPS) is 15.7. The van der Waals surface area contributed by atoms with Crippen molar-refractivity contribution in [3.63, 3.8) is 0 Å². The van der Waals surface area contributed by atoms with Crippen LogP contribution in [0.15, 0.2) is 82.7 Å². The van der Waals surface area contributed by atoms with Crippen LogP contribution in [0, 0.1) is 0 Å². The van der Waals surface area contributed by atoms with Crippen LogP contribution in [0.25, 0.3) is 6.08 Å². The first kappa shape index (κ1) is 24.3. The summed E-state index contributed by atoms with van der Waals surface area (Å²) in [6.07, 6.45) is 2.83. The van der Waals surface area contributed by atoms with E-state index in [0.29, 0.717) is 27.9 Å². The summed E-state index contributed by atoms with van der Waals surface area (Å²) in [6, 6.07) is 23.0. The van der Waals surface area contributed by atoms with Crippen LogP contribution < -0.4 is 4.74 Å². The Morgan fingerprint density at radius 1 is 0.971 bits per heavy atom. The Labute approximate surface area is 209 Å². The van der Waals surface area contributed by atoms with E-state index in [1.807, 2.05) is 30.3 Å². The van der Waals surface area contributed by atoms with Crippen molar-refractivity contribution in [3.05, 3.63) is 100.0 Å². The lowest BCUT2D eigenvalue weighted by Crippen LogP contribution is -2.23. The number of carboxylic acids is 1. The summed E-state index contributed by atoms with van der Waals surface area (Å²) in [7, 11) is 1.69. The monoisotopic (exact) mass is 486 g/mol. The minimum absolute atomic E-state index is 0.0350. The molecule has 0 unspecified atom stereocenters. The number of aryl methyl sites for hydroxylation is 1. The molecule has 1 saturated heterocycles. The van der Waals surface area contributed by atoms with Crippen molar-refractivity contribution in [3.8, 4) is 5.75 Å². The molecule has 3 aromatic carbocycles. The number of carbonyl (C=O) groups excluding carboxylic acids is 1. The first-order valence-corrected chi connectivity index (χ1v) is 12.1. The Kier molecular flexibility index (Phi) is 7.67. The van der Waals surface area contributed by atoms with E-state index in [9.17, 15) is 9.59 Å². The summed E-state index contributed by atoms with van der Waals surface area (Å²) in [6.45, 7) is 2.64. The molecule has 1 fully saturated rings. The van der Waals surface area contributed by atoms with Gasteiger partial charge in [0.05, 0.1) is 17.0 Å². The highest BCUT2D eigenvalue weighted by molar-refractivity contribution is 8.18. The SMILES string of the molecule is CCc1ccc(COc2ccc(/C=C3\SC(=Nc4ccc(CC(=O)O)cc4)N(C)C3=O)cc2)cc1. The van der Waals surface area contributed by atoms with Gasteiger partial charge in [-0.05, 0) is 70.8 Å². The van der Waals surface area contributed by atoms with Crippen LogP contribution in [-0.4, -0.2) is 34.1 Å². The van der Waals surface area contributed by atoms with Gasteiger partial charge in [-0.25, -0.2) is 4.99 Å². The van der Waals surface area contributed by atoms with E-state index in [0.717, 1.165) is 23.3 Å². The van der Waals surface area contributed by atoms with Gasteiger partial charge < -0.3 is 9.84 Å². The molecule has 1 amide bonds. The maximum atomic E-state index is 12.7. The second-order valence-corrected chi connectivity index (χ2v) is 9.14. The number of carboxylic acid groups (broad SMARTS) is 1. The first-order valence-electron chi connectivity index (χ1n) is 11.3. The summed E-state index contributed by atoms with van der Waals surface area (Å²) in [5.74, 6) is -0.230. The van der Waals surface area contributed by atoms with Gasteiger partial charge in [0.1, 0.15) is 12.4 Å². The molecule has 1 N–H and O–H groups in total. The molecule has 0 aromatic heterocycles. The number of amidine groups is 1. The number of aliphatic imine (C=N–C) groups is 1. The van der Waals surface area contributed by atoms with Crippen molar-refractivity contribution in [2.24, 2.45) is 4.99 Å². The van der Waals surface area contributed by atoms with Gasteiger partial charge in [-0.15, -0.1) is 0 Å². The van der Waals surface area contributed by atoms with Gasteiger partial charge in [-0.1, -0.05) is 55.5 Å². The predicted octanol–water partition coefficient (Wildman–Crippen LogP) is 5.69. The van der Waals surface area contributed by atoms with Gasteiger partial charge in [-0.2, -0.15) is 0 Å². The van der Waals surface area contributed by atoms with Crippen molar-refractivity contribution in [1.29, 1.82) is 0 Å². The lowest BCUT2D eigenvalue weighted by Gasteiger charge is -2.07. The van der Waals surface area contributed by atoms with E-state index >= 15 is 0 Å². The fraction of sp³-hybridized carbons (Fsp3) is 0.179. The first-order chi connectivity index (χ1) is 16.9. The van der Waals surface area contributed by atoms with Crippen molar-refractivity contribution in [2.45, 2.75) is 26.4 Å². The molecule has 3 aromatic rings. The summed E-state index contributed by atoms with van der Waals surface area (Å²) in [4.78, 5) is 30.2. The number of likely N-dealkylation sites (N-methyl/N-ethyl adjacent to an activating group) is 1. The third-order valence-corrected chi connectivity index (χ3v) is 6.59. The highest BCUT2D eigenvalue weighted by atomic mass is 32.2. The van der Waals surface area contributed by atoms with Gasteiger partial charge >= 0.3 is 5.97 Å². The zero-order valence-corrected chi connectivity index (χ0v) is 20.4. The Balaban J connectivity index is 1.40. The number of benzene rings is 3. The van der Waals surface area contributed by atoms with Crippen molar-refractivity contribution in [1.82, 2.24) is 4.90 Å². The summed E-state index contributed by atoms with van der Waals surface area (Å²) >= 11 is 1.31. The largest absolute Gasteiger partial charge is 0.489 e. The van der Waals surface area contributed by atoms with Crippen molar-refractivity contribution < 1.29 is 19.4 Å². The molecule has 4 rings (SSSR count). The molecule has 0 saturated carbocycles. The van der Waals surface area contributed by atoms with Crippen LogP contribution in [0.5, 0.6) is 5.75 Å². The van der Waals surface area contributed by atoms with Crippen molar-refractivity contribution >= 4 is 40.6 Å². The van der Waals surface area contributed by atoms with Gasteiger partial charge in [0.25, 0.3) is 5.91 Å². The van der Waals surface area contributed by atoms with Crippen LogP contribution in [-0.2, 0) is 29.0 Å². The molecule has 35 heavy (non-hydrogen) atoms. The van der Waals surface area contributed by atoms with Crippen LogP contribution in [0.2, 0.25) is 0 Å². The maximum absolute atomic E-state index is 12.7. The Hall–Kier alpha value is -3.84. The lowest BCUT2D eigenvalue weighted by molar-refractivity contribution is -0.136. The summed E-state index contributed by atoms with van der Waals surface area (Å²) < 4.78 is 5.89. The lowest BCUT2D eigenvalue weighted by atomic mass is 10.1. The number of aliphatic carboxylic acids is 1. The van der Waals surface area contributed by atoms with E-state index in [4.69, 9.17) is 9.84 Å². The fourth-order valence-corrected chi connectivity index (χ4v) is 4.46. The number of hydrogen-bond donors (Lipinski definition) is 1. The van der Waals surface area contributed by atoms with Crippen LogP contribution in [0.1, 0.15) is 29.2 Å². The van der Waals surface area contributed by atoms with Gasteiger partial charge in [-0.3, -0.25) is 14.5 Å². The molecule has 178 valence electrons. The second kappa shape index (κ2) is 11.1. The van der Waals surface area contributed by atoms with Gasteiger partial charge in [0.15, 0.2) is 5.17 Å². The molecule has 6 nitrogen and oxygen atoms in total. The third kappa shape index (κ3) is 6.39. The number of carbonyl (C=O) groups is 2. The van der Waals surface area contributed by atoms with Gasteiger partial charge in [0.2, 0.25) is 0 Å². The third-order valence-electron chi connectivity index (χ3n) is 5.53. The molecule has 0 radical (unpaired) electrons. The molecular weight excluding hydrogens is 460 g/mol. The van der Waals surface area contributed by atoms with E-state index in [1.165, 1.54) is 22.2 Å². The molecule has 0 bridgehead atoms. The topological polar surface area (TPSA) is 79.2 Å². The van der Waals surface area contributed by atoms with E-state index in [2.05, 4.69) is 36.2 Å². The van der Waals surface area contributed by atoms with Gasteiger partial charge in [0, 0.05) is 7.05 Å². The highest BCUT2D eigenvalue weighted by Crippen LogP contribution is 2.33. The minimum atomic E-state index is -0.878.